The summed E-state index contributed by atoms with van der Waals surface area (Å²) >= 11 is 1.82. The van der Waals surface area contributed by atoms with Crippen molar-refractivity contribution in [3.63, 3.8) is 0 Å². The first-order chi connectivity index (χ1) is 6.33. The lowest BCUT2D eigenvalue weighted by atomic mass is 10.1. The largest absolute Gasteiger partial charge is 0.380 e. The Hall–Kier alpha value is -1.02. The number of nitrogens with one attached hydrogen (secondary N) is 1. The Morgan fingerprint density at radius 3 is 2.85 bits per heavy atom. The van der Waals surface area contributed by atoms with Gasteiger partial charge in [-0.05, 0) is 29.5 Å². The van der Waals surface area contributed by atoms with Crippen molar-refractivity contribution in [2.75, 3.05) is 12.4 Å². The van der Waals surface area contributed by atoms with Crippen LogP contribution in [-0.2, 0) is 6.42 Å². The summed E-state index contributed by atoms with van der Waals surface area (Å²) in [4.78, 5) is 0. The van der Waals surface area contributed by atoms with Gasteiger partial charge < -0.3 is 5.32 Å². The summed E-state index contributed by atoms with van der Waals surface area (Å²) in [6.07, 6.45) is 1.11. The minimum Gasteiger partial charge on any atom is -0.380 e. The zero-order chi connectivity index (χ0) is 9.26. The Balaban J connectivity index is 2.57. The molecule has 1 nitrogen and oxygen atoms in total. The Kier molecular flexibility index (Phi) is 2.23. The smallest absolute Gasteiger partial charge is 0.0892 e. The lowest BCUT2D eigenvalue weighted by molar-refractivity contribution is 1.15. The first kappa shape index (κ1) is 8.57. The minimum absolute atomic E-state index is 1.11. The van der Waals surface area contributed by atoms with Crippen LogP contribution in [0.2, 0.25) is 0 Å². The van der Waals surface area contributed by atoms with E-state index in [2.05, 4.69) is 36.5 Å². The zero-order valence-electron chi connectivity index (χ0n) is 7.92. The van der Waals surface area contributed by atoms with Crippen LogP contribution in [0.3, 0.4) is 0 Å². The molecule has 0 saturated carbocycles. The van der Waals surface area contributed by atoms with Gasteiger partial charge in [-0.25, -0.2) is 0 Å². The normalized spacial score (nSPS) is 10.6. The van der Waals surface area contributed by atoms with E-state index < -0.39 is 0 Å². The lowest BCUT2D eigenvalue weighted by Crippen LogP contribution is -1.79. The summed E-state index contributed by atoms with van der Waals surface area (Å²) in [5.41, 5.74) is 1.41. The third-order valence-electron chi connectivity index (χ3n) is 2.24. The highest BCUT2D eigenvalue weighted by atomic mass is 32.1. The van der Waals surface area contributed by atoms with Gasteiger partial charge in [0.15, 0.2) is 0 Å². The van der Waals surface area contributed by atoms with Crippen molar-refractivity contribution in [2.24, 2.45) is 0 Å². The van der Waals surface area contributed by atoms with Crippen LogP contribution in [0.15, 0.2) is 24.3 Å². The van der Waals surface area contributed by atoms with E-state index in [-0.39, 0.29) is 0 Å². The average molecular weight is 191 g/mol. The predicted molar refractivity (Wildman–Crippen MR) is 60.7 cm³/mol. The van der Waals surface area contributed by atoms with Gasteiger partial charge in [0.1, 0.15) is 0 Å². The molecule has 0 aliphatic rings. The van der Waals surface area contributed by atoms with Crippen molar-refractivity contribution in [1.29, 1.82) is 0 Å². The first-order valence-corrected chi connectivity index (χ1v) is 5.35. The van der Waals surface area contributed by atoms with Crippen LogP contribution in [-0.4, -0.2) is 7.05 Å². The quantitative estimate of drug-likeness (QED) is 0.766. The van der Waals surface area contributed by atoms with Gasteiger partial charge in [0, 0.05) is 11.7 Å². The van der Waals surface area contributed by atoms with Crippen molar-refractivity contribution < 1.29 is 0 Å². The fourth-order valence-electron chi connectivity index (χ4n) is 1.42. The van der Waals surface area contributed by atoms with Gasteiger partial charge in [0.2, 0.25) is 0 Å². The molecule has 0 saturated heterocycles. The summed E-state index contributed by atoms with van der Waals surface area (Å²) in [5, 5.41) is 5.75. The number of fused-ring (bicyclic) bond motifs is 1. The van der Waals surface area contributed by atoms with Gasteiger partial charge in [0.05, 0.1) is 5.00 Å². The van der Waals surface area contributed by atoms with E-state index in [4.69, 9.17) is 0 Å². The number of benzene rings is 1. The van der Waals surface area contributed by atoms with Crippen LogP contribution in [0.4, 0.5) is 5.00 Å². The van der Waals surface area contributed by atoms with Crippen LogP contribution < -0.4 is 5.32 Å². The molecule has 0 aliphatic carbocycles. The highest BCUT2D eigenvalue weighted by molar-refractivity contribution is 7.22. The molecule has 1 N–H and O–H groups in total. The number of thiophene rings is 1. The van der Waals surface area contributed by atoms with Gasteiger partial charge in [-0.3, -0.25) is 0 Å². The third-order valence-corrected chi connectivity index (χ3v) is 3.35. The maximum Gasteiger partial charge on any atom is 0.0892 e. The fourth-order valence-corrected chi connectivity index (χ4v) is 2.40. The number of hydrogen-bond donors (Lipinski definition) is 1. The summed E-state index contributed by atoms with van der Waals surface area (Å²) in [5.74, 6) is 0. The number of anilines is 1. The standard InChI is InChI=1S/C11H13NS/c1-3-8-4-5-9-7-11(12-2)13-10(9)6-8/h4-7,12H,3H2,1-2H3. The van der Waals surface area contributed by atoms with E-state index in [1.54, 1.807) is 0 Å². The van der Waals surface area contributed by atoms with Crippen LogP contribution in [0.5, 0.6) is 0 Å². The van der Waals surface area contributed by atoms with Gasteiger partial charge in [0.25, 0.3) is 0 Å². The second-order valence-corrected chi connectivity index (χ2v) is 4.17. The monoisotopic (exact) mass is 191 g/mol. The van der Waals surface area contributed by atoms with Crippen LogP contribution >= 0.6 is 11.3 Å². The van der Waals surface area contributed by atoms with Crippen molar-refractivity contribution in [3.05, 3.63) is 29.8 Å². The minimum atomic E-state index is 1.11. The summed E-state index contributed by atoms with van der Waals surface area (Å²) in [6.45, 7) is 2.19. The SMILES string of the molecule is CCc1ccc2cc(NC)sc2c1. The second-order valence-electron chi connectivity index (χ2n) is 3.09. The maximum absolute atomic E-state index is 3.17. The molecule has 2 rings (SSSR count). The van der Waals surface area contributed by atoms with Gasteiger partial charge in [-0.15, -0.1) is 11.3 Å². The molecule has 68 valence electrons. The molecule has 0 bridgehead atoms. The summed E-state index contributed by atoms with van der Waals surface area (Å²) < 4.78 is 1.38. The number of rotatable bonds is 2. The molecule has 2 heteroatoms. The van der Waals surface area contributed by atoms with Crippen molar-refractivity contribution in [2.45, 2.75) is 13.3 Å². The first-order valence-electron chi connectivity index (χ1n) is 4.53. The van der Waals surface area contributed by atoms with E-state index in [0.717, 1.165) is 6.42 Å². The van der Waals surface area contributed by atoms with E-state index >= 15 is 0 Å². The third kappa shape index (κ3) is 1.54. The summed E-state index contributed by atoms with van der Waals surface area (Å²) in [6, 6.07) is 8.88. The Labute approximate surface area is 82.4 Å². The predicted octanol–water partition coefficient (Wildman–Crippen LogP) is 3.51. The molecule has 0 amide bonds. The van der Waals surface area contributed by atoms with Crippen LogP contribution in [0, 0.1) is 0 Å². The molecular weight excluding hydrogens is 178 g/mol. The van der Waals surface area contributed by atoms with Crippen molar-refractivity contribution in [3.8, 4) is 0 Å². The number of aryl methyl sites for hydroxylation is 1. The molecule has 1 aromatic carbocycles. The molecule has 1 heterocycles. The molecule has 0 radical (unpaired) electrons. The maximum atomic E-state index is 3.17. The zero-order valence-corrected chi connectivity index (χ0v) is 8.74. The van der Waals surface area contributed by atoms with Gasteiger partial charge in [-0.1, -0.05) is 19.1 Å². The van der Waals surface area contributed by atoms with E-state index in [9.17, 15) is 0 Å². The average Bonchev–Trinajstić information content (AvgIpc) is 2.58. The topological polar surface area (TPSA) is 12.0 Å². The van der Waals surface area contributed by atoms with Gasteiger partial charge in [-0.2, -0.15) is 0 Å². The van der Waals surface area contributed by atoms with Gasteiger partial charge >= 0.3 is 0 Å². The molecule has 2 aromatic rings. The Bertz CT molecular complexity index is 415. The van der Waals surface area contributed by atoms with Crippen LogP contribution in [0.1, 0.15) is 12.5 Å². The summed E-state index contributed by atoms with van der Waals surface area (Å²) in [7, 11) is 1.96. The lowest BCUT2D eigenvalue weighted by Gasteiger charge is -1.94. The molecule has 0 spiro atoms. The molecule has 0 fully saturated rings. The Morgan fingerprint density at radius 2 is 2.15 bits per heavy atom. The van der Waals surface area contributed by atoms with Crippen LogP contribution in [0.25, 0.3) is 10.1 Å². The molecule has 0 atom stereocenters. The second kappa shape index (κ2) is 3.38. The molecular formula is C11H13NS. The van der Waals surface area contributed by atoms with Crippen molar-refractivity contribution >= 4 is 26.4 Å². The molecule has 1 aromatic heterocycles. The van der Waals surface area contributed by atoms with E-state index in [1.165, 1.54) is 20.7 Å². The number of hydrogen-bond acceptors (Lipinski definition) is 2. The fraction of sp³-hybridized carbons (Fsp3) is 0.273. The molecule has 0 unspecified atom stereocenters. The van der Waals surface area contributed by atoms with E-state index in [0.29, 0.717) is 0 Å². The molecule has 13 heavy (non-hydrogen) atoms. The molecule has 0 aliphatic heterocycles. The highest BCUT2D eigenvalue weighted by Crippen LogP contribution is 2.30. The van der Waals surface area contributed by atoms with E-state index in [1.807, 2.05) is 18.4 Å². The Morgan fingerprint density at radius 1 is 1.31 bits per heavy atom. The highest BCUT2D eigenvalue weighted by Gasteiger charge is 2.00. The van der Waals surface area contributed by atoms with Crippen molar-refractivity contribution in [1.82, 2.24) is 0 Å².